The van der Waals surface area contributed by atoms with Gasteiger partial charge in [0.25, 0.3) is 5.56 Å². The molecule has 0 saturated heterocycles. The van der Waals surface area contributed by atoms with Crippen LogP contribution in [0.1, 0.15) is 69.8 Å². The van der Waals surface area contributed by atoms with Crippen molar-refractivity contribution in [3.63, 3.8) is 0 Å². The van der Waals surface area contributed by atoms with Gasteiger partial charge in [0, 0.05) is 9.75 Å². The van der Waals surface area contributed by atoms with E-state index in [9.17, 15) is 14.4 Å². The number of aromatic amines is 1. The van der Waals surface area contributed by atoms with Crippen LogP contribution < -0.4 is 10.9 Å². The molecule has 10 heteroatoms. The Labute approximate surface area is 209 Å². The molecule has 0 radical (unpaired) electrons. The van der Waals surface area contributed by atoms with Crippen molar-refractivity contribution in [2.75, 3.05) is 18.2 Å². The molecule has 0 bridgehead atoms. The van der Waals surface area contributed by atoms with Crippen LogP contribution in [0.2, 0.25) is 0 Å². The maximum atomic E-state index is 12.8. The number of aryl methyl sites for hydroxylation is 3. The fourth-order valence-electron chi connectivity index (χ4n) is 4.83. The summed E-state index contributed by atoms with van der Waals surface area (Å²) in [5.41, 5.74) is 2.55. The molecule has 0 fully saturated rings. The molecule has 2 N–H and O–H groups in total. The van der Waals surface area contributed by atoms with Gasteiger partial charge in [0.1, 0.15) is 9.83 Å². The summed E-state index contributed by atoms with van der Waals surface area (Å²) in [6, 6.07) is 0. The monoisotopic (exact) mass is 517 g/mol. The summed E-state index contributed by atoms with van der Waals surface area (Å²) in [6.07, 6.45) is 10.4. The van der Waals surface area contributed by atoms with E-state index >= 15 is 0 Å². The van der Waals surface area contributed by atoms with Crippen LogP contribution in [0.25, 0.3) is 10.2 Å². The number of thiophene rings is 2. The van der Waals surface area contributed by atoms with Gasteiger partial charge in [-0.05, 0) is 62.5 Å². The molecule has 180 valence electrons. The van der Waals surface area contributed by atoms with Crippen molar-refractivity contribution in [1.29, 1.82) is 0 Å². The van der Waals surface area contributed by atoms with Gasteiger partial charge >= 0.3 is 5.97 Å². The summed E-state index contributed by atoms with van der Waals surface area (Å²) in [6.45, 7) is 0. The Morgan fingerprint density at radius 3 is 2.47 bits per heavy atom. The molecule has 2 aliphatic rings. The molecule has 3 aromatic heterocycles. The molecular weight excluding hydrogens is 490 g/mol. The molecule has 0 saturated carbocycles. The number of carbonyl (C=O) groups excluding carboxylic acids is 2. The number of carbonyl (C=O) groups is 2. The zero-order valence-electron chi connectivity index (χ0n) is 19.1. The molecular formula is C24H27N3O4S3. The molecule has 0 atom stereocenters. The lowest BCUT2D eigenvalue weighted by atomic mass is 9.96. The van der Waals surface area contributed by atoms with Crippen molar-refractivity contribution in [3.8, 4) is 0 Å². The molecule has 3 aromatic rings. The number of thioether (sulfide) groups is 1. The van der Waals surface area contributed by atoms with Crippen LogP contribution in [0.5, 0.6) is 0 Å². The van der Waals surface area contributed by atoms with Gasteiger partial charge in [-0.2, -0.15) is 0 Å². The molecule has 0 unspecified atom stereocenters. The number of hydrogen-bond donors (Lipinski definition) is 2. The van der Waals surface area contributed by atoms with E-state index in [4.69, 9.17) is 4.74 Å². The lowest BCUT2D eigenvalue weighted by molar-refractivity contribution is -0.113. The Morgan fingerprint density at radius 1 is 1.00 bits per heavy atom. The number of hydrogen-bond acceptors (Lipinski definition) is 8. The molecule has 2 aliphatic carbocycles. The zero-order valence-corrected chi connectivity index (χ0v) is 21.5. The van der Waals surface area contributed by atoms with Crippen molar-refractivity contribution in [1.82, 2.24) is 9.97 Å². The van der Waals surface area contributed by atoms with Gasteiger partial charge in [0.2, 0.25) is 5.91 Å². The van der Waals surface area contributed by atoms with E-state index in [0.717, 1.165) is 73.7 Å². The Kier molecular flexibility index (Phi) is 7.08. The molecule has 0 aliphatic heterocycles. The van der Waals surface area contributed by atoms with Gasteiger partial charge in [-0.25, -0.2) is 9.78 Å². The number of methoxy groups -OCH3 is 1. The van der Waals surface area contributed by atoms with E-state index in [2.05, 4.69) is 15.3 Å². The van der Waals surface area contributed by atoms with Gasteiger partial charge in [0.05, 0.1) is 23.8 Å². The van der Waals surface area contributed by atoms with E-state index in [1.807, 2.05) is 0 Å². The number of aromatic nitrogens is 2. The highest BCUT2D eigenvalue weighted by molar-refractivity contribution is 7.99. The second-order valence-electron chi connectivity index (χ2n) is 8.71. The smallest absolute Gasteiger partial charge is 0.341 e. The van der Waals surface area contributed by atoms with E-state index in [0.29, 0.717) is 21.1 Å². The number of ether oxygens (including phenoxy) is 1. The van der Waals surface area contributed by atoms with Crippen molar-refractivity contribution < 1.29 is 14.3 Å². The highest BCUT2D eigenvalue weighted by Gasteiger charge is 2.26. The molecule has 3 heterocycles. The average Bonchev–Trinajstić information content (AvgIpc) is 3.35. The van der Waals surface area contributed by atoms with Crippen LogP contribution in [0.15, 0.2) is 9.95 Å². The summed E-state index contributed by atoms with van der Waals surface area (Å²) < 4.78 is 5.04. The number of H-pyrrole nitrogens is 1. The molecule has 7 nitrogen and oxygen atoms in total. The third-order valence-corrected chi connectivity index (χ3v) is 9.72. The highest BCUT2D eigenvalue weighted by atomic mass is 32.2. The summed E-state index contributed by atoms with van der Waals surface area (Å²) in [5, 5.41) is 4.65. The zero-order chi connectivity index (χ0) is 23.7. The van der Waals surface area contributed by atoms with Gasteiger partial charge in [-0.3, -0.25) is 9.59 Å². The number of nitrogens with zero attached hydrogens (tertiary/aromatic N) is 1. The Balaban J connectivity index is 1.33. The summed E-state index contributed by atoms with van der Waals surface area (Å²) >= 11 is 4.28. The Bertz CT molecular complexity index is 1310. The van der Waals surface area contributed by atoms with E-state index in [1.165, 1.54) is 46.4 Å². The van der Waals surface area contributed by atoms with Crippen molar-refractivity contribution >= 4 is 61.5 Å². The maximum absolute atomic E-state index is 12.8. The van der Waals surface area contributed by atoms with Gasteiger partial charge in [-0.1, -0.05) is 24.6 Å². The first-order valence-electron chi connectivity index (χ1n) is 11.7. The minimum atomic E-state index is -0.404. The van der Waals surface area contributed by atoms with Gasteiger partial charge < -0.3 is 15.0 Å². The van der Waals surface area contributed by atoms with E-state index in [-0.39, 0.29) is 17.2 Å². The van der Waals surface area contributed by atoms with E-state index in [1.54, 1.807) is 11.3 Å². The number of amides is 1. The SMILES string of the molecule is COC(=O)c1c(NC(=O)CSc2nc3sc4c(c3c(=O)[nH]2)CCCC4)sc2c1CCCCCC2. The lowest BCUT2D eigenvalue weighted by Crippen LogP contribution is -2.17. The fourth-order valence-corrected chi connectivity index (χ4v) is 8.11. The quantitative estimate of drug-likeness (QED) is 0.277. The summed E-state index contributed by atoms with van der Waals surface area (Å²) in [5.74, 6) is -0.556. The Morgan fingerprint density at radius 2 is 1.68 bits per heavy atom. The molecule has 34 heavy (non-hydrogen) atoms. The van der Waals surface area contributed by atoms with Gasteiger partial charge in [0.15, 0.2) is 5.16 Å². The normalized spacial score (nSPS) is 15.8. The maximum Gasteiger partial charge on any atom is 0.341 e. The summed E-state index contributed by atoms with van der Waals surface area (Å²) in [7, 11) is 1.37. The first kappa shape index (κ1) is 23.6. The lowest BCUT2D eigenvalue weighted by Gasteiger charge is -2.11. The topological polar surface area (TPSA) is 101 Å². The standard InChI is InChI=1S/C24H27N3O4S3/c1-31-23(30)19-14-8-4-2-3-5-10-16(14)34-22(19)25-17(28)12-32-24-26-20(29)18-13-9-6-7-11-15(13)33-21(18)27-24/h2-12H2,1H3,(H,25,28)(H,26,27,29). The Hall–Kier alpha value is -2.17. The van der Waals surface area contributed by atoms with Crippen LogP contribution in [0.4, 0.5) is 5.00 Å². The third-order valence-electron chi connectivity index (χ3n) is 6.46. The molecule has 5 rings (SSSR count). The molecule has 0 spiro atoms. The van der Waals surface area contributed by atoms with Crippen molar-refractivity contribution in [3.05, 3.63) is 36.8 Å². The van der Waals surface area contributed by atoms with Gasteiger partial charge in [-0.15, -0.1) is 22.7 Å². The van der Waals surface area contributed by atoms with Crippen LogP contribution in [-0.2, 0) is 35.2 Å². The van der Waals surface area contributed by atoms with Crippen LogP contribution in [0.3, 0.4) is 0 Å². The number of anilines is 1. The largest absolute Gasteiger partial charge is 0.465 e. The minimum Gasteiger partial charge on any atom is -0.465 e. The first-order chi connectivity index (χ1) is 16.5. The predicted octanol–water partition coefficient (Wildman–Crippen LogP) is 5.10. The van der Waals surface area contributed by atoms with Crippen LogP contribution >= 0.6 is 34.4 Å². The number of esters is 1. The van der Waals surface area contributed by atoms with E-state index < -0.39 is 5.97 Å². The number of fused-ring (bicyclic) bond motifs is 4. The van der Waals surface area contributed by atoms with Crippen molar-refractivity contribution in [2.45, 2.75) is 69.4 Å². The summed E-state index contributed by atoms with van der Waals surface area (Å²) in [4.78, 5) is 48.8. The highest BCUT2D eigenvalue weighted by Crippen LogP contribution is 2.38. The molecule has 1 amide bonds. The third kappa shape index (κ3) is 4.67. The molecule has 0 aromatic carbocycles. The first-order valence-corrected chi connectivity index (χ1v) is 14.4. The van der Waals surface area contributed by atoms with Crippen LogP contribution in [-0.4, -0.2) is 34.7 Å². The van der Waals surface area contributed by atoms with Crippen molar-refractivity contribution in [2.24, 2.45) is 0 Å². The fraction of sp³-hybridized carbons (Fsp3) is 0.500. The predicted molar refractivity (Wildman–Crippen MR) is 138 cm³/mol. The van der Waals surface area contributed by atoms with Crippen LogP contribution in [0, 0.1) is 0 Å². The number of rotatable bonds is 5. The average molecular weight is 518 g/mol. The second-order valence-corrected chi connectivity index (χ2v) is 11.9. The minimum absolute atomic E-state index is 0.0860. The number of nitrogens with one attached hydrogen (secondary N) is 2. The second kappa shape index (κ2) is 10.2.